The highest BCUT2D eigenvalue weighted by Crippen LogP contribution is 1.91. The Morgan fingerprint density at radius 2 is 2.17 bits per heavy atom. The second-order valence-electron chi connectivity index (χ2n) is 2.33. The number of rotatable bonds is 4. The molecule has 0 aromatic carbocycles. The van der Waals surface area contributed by atoms with Gasteiger partial charge in [0.2, 0.25) is 0 Å². The fraction of sp³-hybridized carbons (Fsp3) is 0.300. The van der Waals surface area contributed by atoms with E-state index < -0.39 is 0 Å². The molecule has 0 rings (SSSR count). The molecule has 0 bridgehead atoms. The van der Waals surface area contributed by atoms with Crippen molar-refractivity contribution in [1.29, 1.82) is 0 Å². The lowest BCUT2D eigenvalue weighted by molar-refractivity contribution is -0.137. The van der Waals surface area contributed by atoms with Crippen LogP contribution in [0.4, 0.5) is 0 Å². The molecule has 0 aromatic rings. The standard InChI is InChI=1S/C10H14O2/c1-4-5-6-7-8-12-10(11)9(2)3/h4-7H,2,8H2,1,3H3/b5-4?,7-6+. The topological polar surface area (TPSA) is 26.3 Å². The predicted octanol–water partition coefficient (Wildman–Crippen LogP) is 2.24. The highest BCUT2D eigenvalue weighted by molar-refractivity contribution is 5.86. The zero-order valence-corrected chi connectivity index (χ0v) is 7.54. The first-order valence-corrected chi connectivity index (χ1v) is 3.79. The van der Waals surface area contributed by atoms with Crippen LogP contribution in [0.1, 0.15) is 13.8 Å². The summed E-state index contributed by atoms with van der Waals surface area (Å²) >= 11 is 0. The number of esters is 1. The van der Waals surface area contributed by atoms with Gasteiger partial charge in [0.25, 0.3) is 0 Å². The van der Waals surface area contributed by atoms with Crippen LogP contribution in [-0.2, 0) is 9.53 Å². The minimum atomic E-state index is -0.347. The van der Waals surface area contributed by atoms with E-state index in [1.807, 2.05) is 25.2 Å². The highest BCUT2D eigenvalue weighted by Gasteiger charge is 1.99. The monoisotopic (exact) mass is 166 g/mol. The summed E-state index contributed by atoms with van der Waals surface area (Å²) in [6.07, 6.45) is 7.36. The average Bonchev–Trinajstić information content (AvgIpc) is 2.03. The predicted molar refractivity (Wildman–Crippen MR) is 49.7 cm³/mol. The first-order chi connectivity index (χ1) is 5.68. The molecule has 0 heterocycles. The van der Waals surface area contributed by atoms with Crippen LogP contribution >= 0.6 is 0 Å². The van der Waals surface area contributed by atoms with Gasteiger partial charge in [-0.05, 0) is 19.9 Å². The number of hydrogen-bond donors (Lipinski definition) is 0. The molecule has 0 aliphatic carbocycles. The van der Waals surface area contributed by atoms with Crippen LogP contribution in [0.5, 0.6) is 0 Å². The molecule has 0 spiro atoms. The number of carbonyl (C=O) groups excluding carboxylic acids is 1. The van der Waals surface area contributed by atoms with Crippen LogP contribution in [0.2, 0.25) is 0 Å². The maximum Gasteiger partial charge on any atom is 0.333 e. The van der Waals surface area contributed by atoms with Gasteiger partial charge in [-0.2, -0.15) is 0 Å². The Balaban J connectivity index is 3.56. The Labute approximate surface area is 73.2 Å². The number of carbonyl (C=O) groups is 1. The largest absolute Gasteiger partial charge is 0.458 e. The van der Waals surface area contributed by atoms with Crippen molar-refractivity contribution >= 4 is 5.97 Å². The lowest BCUT2D eigenvalue weighted by Crippen LogP contribution is -2.04. The Hall–Kier alpha value is -1.31. The van der Waals surface area contributed by atoms with Crippen molar-refractivity contribution in [3.05, 3.63) is 36.5 Å². The molecular weight excluding hydrogens is 152 g/mol. The Kier molecular flexibility index (Phi) is 5.70. The van der Waals surface area contributed by atoms with Crippen molar-refractivity contribution in [2.75, 3.05) is 6.61 Å². The van der Waals surface area contributed by atoms with Crippen molar-refractivity contribution in [2.45, 2.75) is 13.8 Å². The van der Waals surface area contributed by atoms with E-state index in [0.717, 1.165) is 0 Å². The van der Waals surface area contributed by atoms with E-state index in [0.29, 0.717) is 12.2 Å². The van der Waals surface area contributed by atoms with E-state index in [1.165, 1.54) is 0 Å². The van der Waals surface area contributed by atoms with Crippen molar-refractivity contribution in [1.82, 2.24) is 0 Å². The van der Waals surface area contributed by atoms with Crippen LogP contribution in [0.15, 0.2) is 36.5 Å². The SMILES string of the molecule is C=C(C)C(=O)OC/C=C/C=CC. The van der Waals surface area contributed by atoms with Crippen LogP contribution < -0.4 is 0 Å². The minimum Gasteiger partial charge on any atom is -0.458 e. The fourth-order valence-electron chi connectivity index (χ4n) is 0.492. The summed E-state index contributed by atoms with van der Waals surface area (Å²) in [5.41, 5.74) is 0.425. The Morgan fingerprint density at radius 3 is 2.67 bits per heavy atom. The first-order valence-electron chi connectivity index (χ1n) is 3.79. The fourth-order valence-corrected chi connectivity index (χ4v) is 0.492. The third-order valence-corrected chi connectivity index (χ3v) is 1.10. The molecule has 0 amide bonds. The number of ether oxygens (including phenoxy) is 1. The van der Waals surface area contributed by atoms with Crippen molar-refractivity contribution < 1.29 is 9.53 Å². The molecule has 0 saturated heterocycles. The quantitative estimate of drug-likeness (QED) is 0.363. The van der Waals surface area contributed by atoms with Gasteiger partial charge >= 0.3 is 5.97 Å². The zero-order chi connectivity index (χ0) is 9.40. The maximum atomic E-state index is 10.8. The van der Waals surface area contributed by atoms with Gasteiger partial charge in [-0.15, -0.1) is 0 Å². The van der Waals surface area contributed by atoms with Gasteiger partial charge in [0.05, 0.1) is 0 Å². The van der Waals surface area contributed by atoms with Gasteiger partial charge in [0.15, 0.2) is 0 Å². The first kappa shape index (κ1) is 10.7. The van der Waals surface area contributed by atoms with Gasteiger partial charge < -0.3 is 4.74 Å². The molecule has 2 heteroatoms. The second-order valence-corrected chi connectivity index (χ2v) is 2.33. The molecule has 12 heavy (non-hydrogen) atoms. The summed E-state index contributed by atoms with van der Waals surface area (Å²) in [5.74, 6) is -0.347. The molecule has 0 fully saturated rings. The summed E-state index contributed by atoms with van der Waals surface area (Å²) in [6, 6.07) is 0. The maximum absolute atomic E-state index is 10.8. The van der Waals surface area contributed by atoms with Crippen LogP contribution in [0, 0.1) is 0 Å². The lowest BCUT2D eigenvalue weighted by Gasteiger charge is -1.98. The summed E-state index contributed by atoms with van der Waals surface area (Å²) < 4.78 is 4.79. The molecule has 0 aliphatic rings. The Morgan fingerprint density at radius 1 is 1.50 bits per heavy atom. The molecule has 0 unspecified atom stereocenters. The van der Waals surface area contributed by atoms with Gasteiger partial charge in [-0.3, -0.25) is 0 Å². The van der Waals surface area contributed by atoms with Crippen molar-refractivity contribution in [2.24, 2.45) is 0 Å². The van der Waals surface area contributed by atoms with Crippen molar-refractivity contribution in [3.8, 4) is 0 Å². The lowest BCUT2D eigenvalue weighted by atomic mass is 10.4. The summed E-state index contributed by atoms with van der Waals surface area (Å²) in [4.78, 5) is 10.8. The molecule has 0 saturated carbocycles. The number of allylic oxidation sites excluding steroid dienone is 3. The molecule has 0 atom stereocenters. The summed E-state index contributed by atoms with van der Waals surface area (Å²) in [7, 11) is 0. The average molecular weight is 166 g/mol. The van der Waals surface area contributed by atoms with E-state index >= 15 is 0 Å². The van der Waals surface area contributed by atoms with Crippen LogP contribution in [0.25, 0.3) is 0 Å². The van der Waals surface area contributed by atoms with Gasteiger partial charge in [-0.1, -0.05) is 24.8 Å². The molecule has 2 nitrogen and oxygen atoms in total. The van der Waals surface area contributed by atoms with E-state index in [2.05, 4.69) is 6.58 Å². The third-order valence-electron chi connectivity index (χ3n) is 1.10. The number of hydrogen-bond acceptors (Lipinski definition) is 2. The van der Waals surface area contributed by atoms with Gasteiger partial charge in [-0.25, -0.2) is 4.79 Å². The molecular formula is C10H14O2. The molecule has 0 N–H and O–H groups in total. The zero-order valence-electron chi connectivity index (χ0n) is 7.54. The molecule has 0 aliphatic heterocycles. The highest BCUT2D eigenvalue weighted by atomic mass is 16.5. The molecule has 0 aromatic heterocycles. The minimum absolute atomic E-state index is 0.302. The Bertz CT molecular complexity index is 212. The van der Waals surface area contributed by atoms with Crippen LogP contribution in [-0.4, -0.2) is 12.6 Å². The van der Waals surface area contributed by atoms with Crippen LogP contribution in [0.3, 0.4) is 0 Å². The van der Waals surface area contributed by atoms with Crippen molar-refractivity contribution in [3.63, 3.8) is 0 Å². The normalized spacial score (nSPS) is 10.8. The smallest absolute Gasteiger partial charge is 0.333 e. The van der Waals surface area contributed by atoms with E-state index in [4.69, 9.17) is 4.74 Å². The van der Waals surface area contributed by atoms with E-state index in [-0.39, 0.29) is 5.97 Å². The van der Waals surface area contributed by atoms with Gasteiger partial charge in [0, 0.05) is 5.57 Å². The second kappa shape index (κ2) is 6.40. The summed E-state index contributed by atoms with van der Waals surface area (Å²) in [6.45, 7) is 7.30. The van der Waals surface area contributed by atoms with E-state index in [1.54, 1.807) is 13.0 Å². The summed E-state index contributed by atoms with van der Waals surface area (Å²) in [5, 5.41) is 0. The molecule has 66 valence electrons. The van der Waals surface area contributed by atoms with Gasteiger partial charge in [0.1, 0.15) is 6.61 Å². The third kappa shape index (κ3) is 5.47. The van der Waals surface area contributed by atoms with E-state index in [9.17, 15) is 4.79 Å². The molecule has 0 radical (unpaired) electrons.